The molecule has 0 bridgehead atoms. The molecule has 1 aromatic carbocycles. The average molecular weight is 277 g/mol. The Morgan fingerprint density at radius 1 is 1.05 bits per heavy atom. The van der Waals surface area contributed by atoms with E-state index in [-0.39, 0.29) is 0 Å². The Kier molecular flexibility index (Phi) is 2.67. The molecule has 0 radical (unpaired) electrons. The van der Waals surface area contributed by atoms with Crippen LogP contribution in [0.15, 0.2) is 48.8 Å². The number of alkyl halides is 3. The molecule has 2 heterocycles. The highest BCUT2D eigenvalue weighted by molar-refractivity contribution is 5.64. The van der Waals surface area contributed by atoms with Crippen LogP contribution < -0.4 is 5.73 Å². The number of pyridine rings is 1. The molecule has 0 aliphatic heterocycles. The fourth-order valence-corrected chi connectivity index (χ4v) is 2.00. The molecule has 0 fully saturated rings. The number of aromatic nitrogens is 2. The maximum Gasteiger partial charge on any atom is 0.416 e. The zero-order chi connectivity index (χ0) is 14.3. The fraction of sp³-hybridized carbons (Fsp3) is 0.0714. The predicted molar refractivity (Wildman–Crippen MR) is 70.0 cm³/mol. The first-order valence-corrected chi connectivity index (χ1v) is 5.85. The normalized spacial score (nSPS) is 11.9. The van der Waals surface area contributed by atoms with E-state index in [1.165, 1.54) is 6.07 Å². The van der Waals surface area contributed by atoms with Gasteiger partial charge in [0.1, 0.15) is 5.65 Å². The number of imidazole rings is 1. The molecule has 0 spiro atoms. The van der Waals surface area contributed by atoms with Gasteiger partial charge in [-0.2, -0.15) is 13.2 Å². The van der Waals surface area contributed by atoms with Gasteiger partial charge in [-0.1, -0.05) is 12.1 Å². The molecule has 6 heteroatoms. The number of anilines is 1. The zero-order valence-corrected chi connectivity index (χ0v) is 10.2. The zero-order valence-electron chi connectivity index (χ0n) is 10.2. The van der Waals surface area contributed by atoms with Crippen LogP contribution in [0.1, 0.15) is 5.56 Å². The summed E-state index contributed by atoms with van der Waals surface area (Å²) in [4.78, 5) is 4.29. The highest BCUT2D eigenvalue weighted by Gasteiger charge is 2.30. The van der Waals surface area contributed by atoms with Gasteiger partial charge in [0.05, 0.1) is 11.3 Å². The summed E-state index contributed by atoms with van der Waals surface area (Å²) < 4.78 is 39.8. The van der Waals surface area contributed by atoms with E-state index in [1.807, 2.05) is 0 Å². The summed E-state index contributed by atoms with van der Waals surface area (Å²) in [5, 5.41) is 0. The SMILES string of the molecule is Nc1ccc2nc(-c3cccc(C(F)(F)F)c3)cn2c1. The van der Waals surface area contributed by atoms with Crippen LogP contribution in [-0.4, -0.2) is 9.38 Å². The van der Waals surface area contributed by atoms with Gasteiger partial charge in [0.15, 0.2) is 0 Å². The van der Waals surface area contributed by atoms with Crippen molar-refractivity contribution in [2.24, 2.45) is 0 Å². The third kappa shape index (κ3) is 2.20. The lowest BCUT2D eigenvalue weighted by Gasteiger charge is -2.07. The van der Waals surface area contributed by atoms with Crippen molar-refractivity contribution in [3.8, 4) is 11.3 Å². The molecule has 2 N–H and O–H groups in total. The van der Waals surface area contributed by atoms with E-state index in [9.17, 15) is 13.2 Å². The van der Waals surface area contributed by atoms with Gasteiger partial charge in [0.2, 0.25) is 0 Å². The van der Waals surface area contributed by atoms with Crippen LogP contribution in [0, 0.1) is 0 Å². The van der Waals surface area contributed by atoms with Gasteiger partial charge < -0.3 is 10.1 Å². The number of nitrogens with zero attached hydrogens (tertiary/aromatic N) is 2. The van der Waals surface area contributed by atoms with Gasteiger partial charge in [-0.25, -0.2) is 4.98 Å². The minimum absolute atomic E-state index is 0.419. The number of fused-ring (bicyclic) bond motifs is 1. The molecular weight excluding hydrogens is 267 g/mol. The molecule has 20 heavy (non-hydrogen) atoms. The van der Waals surface area contributed by atoms with Crippen molar-refractivity contribution < 1.29 is 13.2 Å². The van der Waals surface area contributed by atoms with Crippen LogP contribution in [-0.2, 0) is 6.18 Å². The molecule has 0 aliphatic rings. The van der Waals surface area contributed by atoms with Gasteiger partial charge >= 0.3 is 6.18 Å². The van der Waals surface area contributed by atoms with Crippen molar-refractivity contribution in [3.05, 3.63) is 54.4 Å². The quantitative estimate of drug-likeness (QED) is 0.738. The number of hydrogen-bond donors (Lipinski definition) is 1. The Morgan fingerprint density at radius 3 is 2.60 bits per heavy atom. The maximum atomic E-state index is 12.7. The summed E-state index contributed by atoms with van der Waals surface area (Å²) in [5.41, 5.74) is 7.05. The van der Waals surface area contributed by atoms with E-state index in [1.54, 1.807) is 35.0 Å². The van der Waals surface area contributed by atoms with Crippen LogP contribution >= 0.6 is 0 Å². The van der Waals surface area contributed by atoms with Gasteiger partial charge in [-0.3, -0.25) is 0 Å². The van der Waals surface area contributed by atoms with Crippen LogP contribution in [0.25, 0.3) is 16.9 Å². The van der Waals surface area contributed by atoms with Crippen LogP contribution in [0.3, 0.4) is 0 Å². The first kappa shape index (κ1) is 12.5. The standard InChI is InChI=1S/C14H10F3N3/c15-14(16,17)10-3-1-2-9(6-10)12-8-20-7-11(18)4-5-13(20)19-12/h1-8H,18H2. The lowest BCUT2D eigenvalue weighted by atomic mass is 10.1. The Labute approximate surface area is 112 Å². The number of nitrogen functional groups attached to an aromatic ring is 1. The van der Waals surface area contributed by atoms with E-state index >= 15 is 0 Å². The highest BCUT2D eigenvalue weighted by Crippen LogP contribution is 2.32. The van der Waals surface area contributed by atoms with Crippen LogP contribution in [0.2, 0.25) is 0 Å². The van der Waals surface area contributed by atoms with Crippen molar-refractivity contribution >= 4 is 11.3 Å². The maximum absolute atomic E-state index is 12.7. The lowest BCUT2D eigenvalue weighted by molar-refractivity contribution is -0.137. The van der Waals surface area contributed by atoms with Crippen molar-refractivity contribution in [2.75, 3.05) is 5.73 Å². The van der Waals surface area contributed by atoms with Gasteiger partial charge in [0, 0.05) is 23.6 Å². The van der Waals surface area contributed by atoms with Crippen molar-refractivity contribution in [2.45, 2.75) is 6.18 Å². The molecule has 0 atom stereocenters. The molecule has 0 amide bonds. The molecule has 102 valence electrons. The number of nitrogens with two attached hydrogens (primary N) is 1. The average Bonchev–Trinajstić information content (AvgIpc) is 2.81. The summed E-state index contributed by atoms with van der Waals surface area (Å²) in [5.74, 6) is 0. The molecule has 2 aromatic heterocycles. The molecule has 3 rings (SSSR count). The van der Waals surface area contributed by atoms with E-state index in [2.05, 4.69) is 4.98 Å². The van der Waals surface area contributed by atoms with E-state index < -0.39 is 11.7 Å². The third-order valence-electron chi connectivity index (χ3n) is 2.96. The molecule has 0 saturated heterocycles. The number of halogens is 3. The van der Waals surface area contributed by atoms with Gasteiger partial charge in [-0.05, 0) is 24.3 Å². The van der Waals surface area contributed by atoms with Crippen molar-refractivity contribution in [1.29, 1.82) is 0 Å². The molecule has 0 aliphatic carbocycles. The first-order chi connectivity index (χ1) is 9.43. The number of hydrogen-bond acceptors (Lipinski definition) is 2. The molecule has 0 saturated carbocycles. The molecule has 0 unspecified atom stereocenters. The second-order valence-corrected chi connectivity index (χ2v) is 4.43. The Morgan fingerprint density at radius 2 is 1.85 bits per heavy atom. The Bertz CT molecular complexity index is 775. The molecular formula is C14H10F3N3. The predicted octanol–water partition coefficient (Wildman–Crippen LogP) is 3.60. The summed E-state index contributed by atoms with van der Waals surface area (Å²) in [6, 6.07) is 8.50. The summed E-state index contributed by atoms with van der Waals surface area (Å²) in [6.07, 6.45) is -1.04. The van der Waals surface area contributed by atoms with E-state index in [0.717, 1.165) is 12.1 Å². The lowest BCUT2D eigenvalue weighted by Crippen LogP contribution is -2.04. The first-order valence-electron chi connectivity index (χ1n) is 5.85. The van der Waals surface area contributed by atoms with Gasteiger partial charge in [0.25, 0.3) is 0 Å². The summed E-state index contributed by atoms with van der Waals surface area (Å²) >= 11 is 0. The van der Waals surface area contributed by atoms with Crippen molar-refractivity contribution in [1.82, 2.24) is 9.38 Å². The van der Waals surface area contributed by atoms with Crippen LogP contribution in [0.5, 0.6) is 0 Å². The molecule has 3 nitrogen and oxygen atoms in total. The Hall–Kier alpha value is -2.50. The topological polar surface area (TPSA) is 43.3 Å². The smallest absolute Gasteiger partial charge is 0.398 e. The Balaban J connectivity index is 2.11. The third-order valence-corrected chi connectivity index (χ3v) is 2.96. The fourth-order valence-electron chi connectivity index (χ4n) is 2.00. The van der Waals surface area contributed by atoms with Crippen molar-refractivity contribution in [3.63, 3.8) is 0 Å². The second-order valence-electron chi connectivity index (χ2n) is 4.43. The molecule has 3 aromatic rings. The highest BCUT2D eigenvalue weighted by atomic mass is 19.4. The number of rotatable bonds is 1. The van der Waals surface area contributed by atoms with E-state index in [0.29, 0.717) is 22.6 Å². The number of benzene rings is 1. The minimum Gasteiger partial charge on any atom is -0.398 e. The summed E-state index contributed by atoms with van der Waals surface area (Å²) in [7, 11) is 0. The van der Waals surface area contributed by atoms with Crippen LogP contribution in [0.4, 0.5) is 18.9 Å². The monoisotopic (exact) mass is 277 g/mol. The minimum atomic E-state index is -4.36. The summed E-state index contributed by atoms with van der Waals surface area (Å²) in [6.45, 7) is 0. The largest absolute Gasteiger partial charge is 0.416 e. The van der Waals surface area contributed by atoms with Gasteiger partial charge in [-0.15, -0.1) is 0 Å². The van der Waals surface area contributed by atoms with E-state index in [4.69, 9.17) is 5.73 Å². The second kappa shape index (κ2) is 4.26.